The number of nitrogen functional groups attached to an aromatic ring is 1. The summed E-state index contributed by atoms with van der Waals surface area (Å²) in [5.74, 6) is 0.753. The van der Waals surface area contributed by atoms with E-state index in [2.05, 4.69) is 10.4 Å². The second kappa shape index (κ2) is 3.88. The third-order valence-corrected chi connectivity index (χ3v) is 2.38. The van der Waals surface area contributed by atoms with Gasteiger partial charge < -0.3 is 15.8 Å². The summed E-state index contributed by atoms with van der Waals surface area (Å²) in [6.07, 6.45) is 4.39. The van der Waals surface area contributed by atoms with Crippen molar-refractivity contribution in [3.63, 3.8) is 0 Å². The molecule has 14 heavy (non-hydrogen) atoms. The van der Waals surface area contributed by atoms with E-state index in [9.17, 15) is 0 Å². The van der Waals surface area contributed by atoms with Crippen LogP contribution in [0.25, 0.3) is 0 Å². The van der Waals surface area contributed by atoms with Crippen molar-refractivity contribution in [3.05, 3.63) is 6.20 Å². The molecule has 0 radical (unpaired) electrons. The largest absolute Gasteiger partial charge is 0.394 e. The fraction of sp³-hybridized carbons (Fsp3) is 0.667. The van der Waals surface area contributed by atoms with E-state index in [1.165, 1.54) is 0 Å². The first-order valence-corrected chi connectivity index (χ1v) is 4.90. The molecule has 0 saturated carbocycles. The minimum atomic E-state index is 0.316. The van der Waals surface area contributed by atoms with E-state index in [1.807, 2.05) is 7.05 Å². The molecule has 2 heterocycles. The third kappa shape index (κ3) is 1.98. The number of aryl methyl sites for hydroxylation is 1. The zero-order chi connectivity index (χ0) is 9.97. The van der Waals surface area contributed by atoms with Crippen LogP contribution in [0, 0.1) is 0 Å². The smallest absolute Gasteiger partial charge is 0.171 e. The molecule has 5 heteroatoms. The van der Waals surface area contributed by atoms with Crippen molar-refractivity contribution in [2.45, 2.75) is 18.9 Å². The lowest BCUT2D eigenvalue weighted by molar-refractivity contribution is 0.120. The fourth-order valence-corrected chi connectivity index (χ4v) is 1.66. The number of hydrogen-bond acceptors (Lipinski definition) is 4. The maximum absolute atomic E-state index is 5.74. The van der Waals surface area contributed by atoms with Crippen LogP contribution in [-0.2, 0) is 11.8 Å². The molecule has 5 nitrogen and oxygen atoms in total. The highest BCUT2D eigenvalue weighted by Gasteiger charge is 2.15. The molecule has 0 bridgehead atoms. The van der Waals surface area contributed by atoms with Gasteiger partial charge in [0, 0.05) is 26.4 Å². The van der Waals surface area contributed by atoms with Gasteiger partial charge in [-0.25, -0.2) is 0 Å². The quantitative estimate of drug-likeness (QED) is 0.742. The molecular formula is C9H16N4O. The summed E-state index contributed by atoms with van der Waals surface area (Å²) in [7, 11) is 1.85. The van der Waals surface area contributed by atoms with Gasteiger partial charge in [0.1, 0.15) is 0 Å². The van der Waals surface area contributed by atoms with E-state index in [0.717, 1.165) is 31.8 Å². The number of aromatic nitrogens is 2. The summed E-state index contributed by atoms with van der Waals surface area (Å²) in [6, 6.07) is 0. The van der Waals surface area contributed by atoms with Gasteiger partial charge in [0.25, 0.3) is 0 Å². The topological polar surface area (TPSA) is 65.1 Å². The molecule has 0 aromatic carbocycles. The highest BCUT2D eigenvalue weighted by atomic mass is 16.5. The number of anilines is 2. The molecular weight excluding hydrogens is 180 g/mol. The van der Waals surface area contributed by atoms with E-state index in [-0.39, 0.29) is 0 Å². The Hall–Kier alpha value is -1.23. The molecule has 1 saturated heterocycles. The minimum Gasteiger partial charge on any atom is -0.394 e. The van der Waals surface area contributed by atoms with Crippen molar-refractivity contribution in [2.24, 2.45) is 7.05 Å². The second-order valence-electron chi connectivity index (χ2n) is 3.62. The monoisotopic (exact) mass is 196 g/mol. The molecule has 2 rings (SSSR count). The second-order valence-corrected chi connectivity index (χ2v) is 3.62. The standard InChI is InChI=1S/C9H16N4O/c1-13-6-8(10)9(12-13)11-5-7-3-2-4-14-7/h6-7H,2-5,10H2,1H3,(H,11,12). The first-order chi connectivity index (χ1) is 6.75. The average molecular weight is 196 g/mol. The maximum Gasteiger partial charge on any atom is 0.171 e. The van der Waals surface area contributed by atoms with Gasteiger partial charge in [-0.3, -0.25) is 4.68 Å². The van der Waals surface area contributed by atoms with E-state index in [1.54, 1.807) is 10.9 Å². The van der Waals surface area contributed by atoms with Crippen LogP contribution in [0.5, 0.6) is 0 Å². The van der Waals surface area contributed by atoms with Crippen molar-refractivity contribution in [2.75, 3.05) is 24.2 Å². The molecule has 1 aliphatic rings. The van der Waals surface area contributed by atoms with Crippen molar-refractivity contribution < 1.29 is 4.74 Å². The van der Waals surface area contributed by atoms with Gasteiger partial charge in [0.2, 0.25) is 0 Å². The Balaban J connectivity index is 1.87. The number of nitrogens with zero attached hydrogens (tertiary/aromatic N) is 2. The predicted molar refractivity (Wildman–Crippen MR) is 55.1 cm³/mol. The molecule has 1 aliphatic heterocycles. The van der Waals surface area contributed by atoms with Crippen LogP contribution >= 0.6 is 0 Å². The van der Waals surface area contributed by atoms with E-state index < -0.39 is 0 Å². The molecule has 1 fully saturated rings. The van der Waals surface area contributed by atoms with Gasteiger partial charge >= 0.3 is 0 Å². The predicted octanol–water partition coefficient (Wildman–Crippen LogP) is 0.593. The molecule has 1 unspecified atom stereocenters. The molecule has 78 valence electrons. The van der Waals surface area contributed by atoms with Gasteiger partial charge in [-0.2, -0.15) is 5.10 Å². The van der Waals surface area contributed by atoms with Crippen molar-refractivity contribution in [1.82, 2.24) is 9.78 Å². The summed E-state index contributed by atoms with van der Waals surface area (Å²) < 4.78 is 7.18. The Morgan fingerprint density at radius 3 is 3.21 bits per heavy atom. The minimum absolute atomic E-state index is 0.316. The maximum atomic E-state index is 5.74. The van der Waals surface area contributed by atoms with Gasteiger partial charge in [0.15, 0.2) is 5.82 Å². The van der Waals surface area contributed by atoms with E-state index in [0.29, 0.717) is 11.8 Å². The number of nitrogens with two attached hydrogens (primary N) is 1. The zero-order valence-electron chi connectivity index (χ0n) is 8.36. The number of hydrogen-bond donors (Lipinski definition) is 2. The molecule has 0 spiro atoms. The normalized spacial score (nSPS) is 21.4. The van der Waals surface area contributed by atoms with Crippen LogP contribution in [-0.4, -0.2) is 29.0 Å². The summed E-state index contributed by atoms with van der Waals surface area (Å²) in [6.45, 7) is 1.67. The molecule has 1 aromatic rings. The van der Waals surface area contributed by atoms with Gasteiger partial charge in [-0.1, -0.05) is 0 Å². The Labute approximate surface area is 83.2 Å². The van der Waals surface area contributed by atoms with Crippen molar-refractivity contribution in [1.29, 1.82) is 0 Å². The molecule has 0 amide bonds. The molecule has 1 atom stereocenters. The van der Waals surface area contributed by atoms with Crippen LogP contribution in [0.2, 0.25) is 0 Å². The lowest BCUT2D eigenvalue weighted by Crippen LogP contribution is -2.19. The lowest BCUT2D eigenvalue weighted by atomic mass is 10.2. The SMILES string of the molecule is Cn1cc(N)c(NCC2CCCO2)n1. The Morgan fingerprint density at radius 1 is 1.79 bits per heavy atom. The Bertz CT molecular complexity index is 304. The van der Waals surface area contributed by atoms with Crippen LogP contribution < -0.4 is 11.1 Å². The highest BCUT2D eigenvalue weighted by Crippen LogP contribution is 2.17. The van der Waals surface area contributed by atoms with Crippen molar-refractivity contribution >= 4 is 11.5 Å². The molecule has 3 N–H and O–H groups in total. The summed E-state index contributed by atoms with van der Waals surface area (Å²) in [5, 5.41) is 7.39. The number of rotatable bonds is 3. The average Bonchev–Trinajstić information content (AvgIpc) is 2.72. The first-order valence-electron chi connectivity index (χ1n) is 4.90. The van der Waals surface area contributed by atoms with Crippen LogP contribution in [0.3, 0.4) is 0 Å². The van der Waals surface area contributed by atoms with Crippen molar-refractivity contribution in [3.8, 4) is 0 Å². The Morgan fingerprint density at radius 2 is 2.64 bits per heavy atom. The molecule has 1 aromatic heterocycles. The van der Waals surface area contributed by atoms with Crippen LogP contribution in [0.1, 0.15) is 12.8 Å². The Kier molecular flexibility index (Phi) is 2.58. The summed E-state index contributed by atoms with van der Waals surface area (Å²) >= 11 is 0. The van der Waals surface area contributed by atoms with Gasteiger partial charge in [-0.15, -0.1) is 0 Å². The zero-order valence-corrected chi connectivity index (χ0v) is 8.36. The van der Waals surface area contributed by atoms with Crippen LogP contribution in [0.15, 0.2) is 6.20 Å². The highest BCUT2D eigenvalue weighted by molar-refractivity contribution is 5.59. The molecule has 0 aliphatic carbocycles. The number of nitrogens with one attached hydrogen (secondary N) is 1. The third-order valence-electron chi connectivity index (χ3n) is 2.38. The van der Waals surface area contributed by atoms with Gasteiger partial charge in [0.05, 0.1) is 11.8 Å². The lowest BCUT2D eigenvalue weighted by Gasteiger charge is -2.09. The van der Waals surface area contributed by atoms with E-state index in [4.69, 9.17) is 10.5 Å². The summed E-state index contributed by atoms with van der Waals surface area (Å²) in [4.78, 5) is 0. The number of ether oxygens (including phenoxy) is 1. The van der Waals surface area contributed by atoms with Crippen LogP contribution in [0.4, 0.5) is 11.5 Å². The summed E-state index contributed by atoms with van der Waals surface area (Å²) in [5.41, 5.74) is 6.43. The van der Waals surface area contributed by atoms with Gasteiger partial charge in [-0.05, 0) is 12.8 Å². The fourth-order valence-electron chi connectivity index (χ4n) is 1.66. The first kappa shape index (κ1) is 9.33. The van der Waals surface area contributed by atoms with E-state index >= 15 is 0 Å².